The van der Waals surface area contributed by atoms with E-state index >= 15 is 0 Å². The fourth-order valence-electron chi connectivity index (χ4n) is 3.87. The summed E-state index contributed by atoms with van der Waals surface area (Å²) >= 11 is 0. The summed E-state index contributed by atoms with van der Waals surface area (Å²) in [6.45, 7) is 3.17. The Balaban J connectivity index is 1.86. The van der Waals surface area contributed by atoms with Gasteiger partial charge in [0, 0.05) is 35.0 Å². The molecule has 0 saturated carbocycles. The number of nitrogens with zero attached hydrogens (tertiary/aromatic N) is 4. The topological polar surface area (TPSA) is 127 Å². The number of nitrogens with one attached hydrogen (secondary N) is 1. The number of aryl methyl sites for hydroxylation is 1. The summed E-state index contributed by atoms with van der Waals surface area (Å²) in [5.74, 6) is -1.04. The van der Waals surface area contributed by atoms with Crippen LogP contribution in [0.3, 0.4) is 0 Å². The highest BCUT2D eigenvalue weighted by Crippen LogP contribution is 2.32. The molecular weight excluding hydrogens is 547 g/mol. The van der Waals surface area contributed by atoms with Gasteiger partial charge in [-0.05, 0) is 60.9 Å². The van der Waals surface area contributed by atoms with Crippen molar-refractivity contribution in [3.05, 3.63) is 83.3 Å². The van der Waals surface area contributed by atoms with Crippen LogP contribution >= 0.6 is 0 Å². The Morgan fingerprint density at radius 1 is 1.12 bits per heavy atom. The molecule has 0 unspecified atom stereocenters. The zero-order valence-corrected chi connectivity index (χ0v) is 22.4. The predicted octanol–water partition coefficient (Wildman–Crippen LogP) is 5.68. The van der Waals surface area contributed by atoms with E-state index in [9.17, 15) is 31.5 Å². The third-order valence-electron chi connectivity index (χ3n) is 5.86. The van der Waals surface area contributed by atoms with Crippen molar-refractivity contribution in [3.63, 3.8) is 0 Å². The summed E-state index contributed by atoms with van der Waals surface area (Å²) < 4.78 is 65.4. The number of halogens is 3. The van der Waals surface area contributed by atoms with Gasteiger partial charge >= 0.3 is 12.1 Å². The minimum atomic E-state index is -4.69. The van der Waals surface area contributed by atoms with Crippen molar-refractivity contribution >= 4 is 33.5 Å². The fourth-order valence-corrected chi connectivity index (χ4v) is 4.54. The van der Waals surface area contributed by atoms with Crippen LogP contribution in [0, 0.1) is 6.92 Å². The van der Waals surface area contributed by atoms with Crippen LogP contribution in [0.1, 0.15) is 30.3 Å². The van der Waals surface area contributed by atoms with E-state index in [1.54, 1.807) is 37.3 Å². The molecule has 0 bridgehead atoms. The van der Waals surface area contributed by atoms with Gasteiger partial charge in [-0.25, -0.2) is 22.9 Å². The summed E-state index contributed by atoms with van der Waals surface area (Å²) in [4.78, 5) is 20.3. The number of carboxylic acid groups (broad SMARTS) is 1. The number of rotatable bonds is 8. The molecule has 0 aliphatic rings. The first-order valence-electron chi connectivity index (χ1n) is 11.9. The van der Waals surface area contributed by atoms with E-state index in [1.165, 1.54) is 37.4 Å². The van der Waals surface area contributed by atoms with Crippen molar-refractivity contribution in [2.24, 2.45) is 0 Å². The first-order valence-corrected chi connectivity index (χ1v) is 13.8. The Morgan fingerprint density at radius 2 is 1.85 bits per heavy atom. The highest BCUT2D eigenvalue weighted by Gasteiger charge is 2.35. The van der Waals surface area contributed by atoms with Gasteiger partial charge in [0.25, 0.3) is 0 Å². The van der Waals surface area contributed by atoms with Crippen LogP contribution in [-0.2, 0) is 20.8 Å². The van der Waals surface area contributed by atoms with E-state index in [4.69, 9.17) is 0 Å². The number of anilines is 2. The highest BCUT2D eigenvalue weighted by atomic mass is 32.2. The summed E-state index contributed by atoms with van der Waals surface area (Å²) in [6.07, 6.45) is -0.411. The van der Waals surface area contributed by atoms with Gasteiger partial charge < -0.3 is 10.4 Å². The lowest BCUT2D eigenvalue weighted by molar-refractivity contribution is -0.141. The molecule has 2 heterocycles. The highest BCUT2D eigenvalue weighted by molar-refractivity contribution is 7.90. The van der Waals surface area contributed by atoms with E-state index < -0.39 is 27.7 Å². The Hall–Kier alpha value is -4.52. The Labute approximate surface area is 228 Å². The maximum Gasteiger partial charge on any atom is 0.435 e. The second-order valence-electron chi connectivity index (χ2n) is 8.89. The first kappa shape index (κ1) is 28.5. The standard InChI is InChI=1S/C27H24F3N5O4S/c1-4-18(25(36)37)12-17-7-5-8-19(13-17)22-15-31-26(32-20-9-6-10-21(14-20)40(3,38)39)33-24(22)35-16(2)11-23(34-35)27(28,29)30/h5-15H,4H2,1-3H3,(H,36,37)(H,31,32,33). The second-order valence-corrected chi connectivity index (χ2v) is 10.9. The molecular formula is C27H24F3N5O4S. The lowest BCUT2D eigenvalue weighted by Crippen LogP contribution is -2.10. The van der Waals surface area contributed by atoms with Gasteiger partial charge in [0.1, 0.15) is 0 Å². The van der Waals surface area contributed by atoms with Crippen molar-refractivity contribution in [1.82, 2.24) is 19.7 Å². The quantitative estimate of drug-likeness (QED) is 0.259. The number of carboxylic acids is 1. The molecule has 2 aromatic heterocycles. The van der Waals surface area contributed by atoms with Crippen LogP contribution in [0.5, 0.6) is 0 Å². The van der Waals surface area contributed by atoms with Crippen molar-refractivity contribution < 1.29 is 31.5 Å². The molecule has 9 nitrogen and oxygen atoms in total. The average molecular weight is 572 g/mol. The summed E-state index contributed by atoms with van der Waals surface area (Å²) in [6, 6.07) is 13.6. The largest absolute Gasteiger partial charge is 0.478 e. The van der Waals surface area contributed by atoms with Gasteiger partial charge in [-0.2, -0.15) is 23.3 Å². The van der Waals surface area contributed by atoms with Crippen molar-refractivity contribution in [2.45, 2.75) is 31.3 Å². The van der Waals surface area contributed by atoms with Gasteiger partial charge in [0.05, 0.1) is 4.90 Å². The molecule has 2 N–H and O–H groups in total. The molecule has 208 valence electrons. The smallest absolute Gasteiger partial charge is 0.435 e. The number of aromatic nitrogens is 4. The first-order chi connectivity index (χ1) is 18.8. The van der Waals surface area contributed by atoms with Crippen molar-refractivity contribution in [3.8, 4) is 16.9 Å². The number of sulfone groups is 1. The number of hydrogen-bond acceptors (Lipinski definition) is 7. The maximum atomic E-state index is 13.5. The number of benzene rings is 2. The van der Waals surface area contributed by atoms with Crippen molar-refractivity contribution in [2.75, 3.05) is 11.6 Å². The number of carbonyl (C=O) groups is 1. The maximum absolute atomic E-state index is 13.5. The zero-order valence-electron chi connectivity index (χ0n) is 21.6. The van der Waals surface area contributed by atoms with Gasteiger partial charge in [-0.1, -0.05) is 31.2 Å². The van der Waals surface area contributed by atoms with Gasteiger partial charge in [-0.15, -0.1) is 0 Å². The van der Waals surface area contributed by atoms with E-state index in [0.717, 1.165) is 17.0 Å². The van der Waals surface area contributed by atoms with Crippen LogP contribution in [0.15, 0.2) is 71.3 Å². The molecule has 0 amide bonds. The molecule has 40 heavy (non-hydrogen) atoms. The third-order valence-corrected chi connectivity index (χ3v) is 6.97. The Bertz CT molecular complexity index is 1730. The van der Waals surface area contributed by atoms with E-state index in [0.29, 0.717) is 28.8 Å². The summed E-state index contributed by atoms with van der Waals surface area (Å²) in [5.41, 5.74) is 1.00. The molecule has 13 heteroatoms. The molecule has 2 aromatic carbocycles. The van der Waals surface area contributed by atoms with Gasteiger partial charge in [0.2, 0.25) is 5.95 Å². The number of alkyl halides is 3. The molecule has 0 radical (unpaired) electrons. The van der Waals surface area contributed by atoms with Crippen LogP contribution in [0.25, 0.3) is 23.0 Å². The monoisotopic (exact) mass is 571 g/mol. The Kier molecular flexibility index (Phi) is 7.78. The zero-order chi connectivity index (χ0) is 29.2. The van der Waals surface area contributed by atoms with E-state index in [-0.39, 0.29) is 27.9 Å². The van der Waals surface area contributed by atoms with Crippen LogP contribution in [-0.4, -0.2) is 45.5 Å². The number of hydrogen-bond donors (Lipinski definition) is 2. The van der Waals surface area contributed by atoms with E-state index in [2.05, 4.69) is 20.4 Å². The Morgan fingerprint density at radius 3 is 2.48 bits per heavy atom. The molecule has 4 aromatic rings. The van der Waals surface area contributed by atoms with Crippen LogP contribution in [0.4, 0.5) is 24.8 Å². The van der Waals surface area contributed by atoms with Gasteiger partial charge in [-0.3, -0.25) is 0 Å². The van der Waals surface area contributed by atoms with Crippen LogP contribution < -0.4 is 5.32 Å². The summed E-state index contributed by atoms with van der Waals surface area (Å²) in [5, 5.41) is 16.0. The SMILES string of the molecule is CCC(=Cc1cccc(-c2cnc(Nc3cccc(S(C)(=O)=O)c3)nc2-n2nc(C(F)(F)F)cc2C)c1)C(=O)O. The molecule has 4 rings (SSSR count). The molecule has 0 fully saturated rings. The molecule has 0 aliphatic heterocycles. The second kappa shape index (κ2) is 10.9. The normalized spacial score (nSPS) is 12.4. The van der Waals surface area contributed by atoms with E-state index in [1.807, 2.05) is 0 Å². The molecule has 0 atom stereocenters. The van der Waals surface area contributed by atoms with Crippen LogP contribution in [0.2, 0.25) is 0 Å². The summed E-state index contributed by atoms with van der Waals surface area (Å²) in [7, 11) is -3.49. The number of aliphatic carboxylic acids is 1. The average Bonchev–Trinajstić information content (AvgIpc) is 3.29. The third kappa shape index (κ3) is 6.37. The molecule has 0 aliphatic carbocycles. The minimum absolute atomic E-state index is 0.0111. The molecule has 0 spiro atoms. The molecule has 0 saturated heterocycles. The van der Waals surface area contributed by atoms with Gasteiger partial charge in [0.15, 0.2) is 21.3 Å². The minimum Gasteiger partial charge on any atom is -0.478 e. The fraction of sp³-hybridized carbons (Fsp3) is 0.185. The predicted molar refractivity (Wildman–Crippen MR) is 143 cm³/mol. The lowest BCUT2D eigenvalue weighted by Gasteiger charge is -2.14. The van der Waals surface area contributed by atoms with Crippen molar-refractivity contribution in [1.29, 1.82) is 0 Å². The lowest BCUT2D eigenvalue weighted by atomic mass is 10.0.